The fourth-order valence-corrected chi connectivity index (χ4v) is 3.06. The van der Waals surface area contributed by atoms with Gasteiger partial charge in [0.2, 0.25) is 0 Å². The van der Waals surface area contributed by atoms with E-state index in [0.29, 0.717) is 28.1 Å². The van der Waals surface area contributed by atoms with Crippen molar-refractivity contribution in [2.75, 3.05) is 33.4 Å². The zero-order valence-electron chi connectivity index (χ0n) is 11.6. The Bertz CT molecular complexity index is 477. The normalized spacial score (nSPS) is 20.1. The number of carbonyl (C=O) groups excluding carboxylic acids is 1. The maximum atomic E-state index is 12.3. The molecule has 1 aromatic carbocycles. The van der Waals surface area contributed by atoms with Gasteiger partial charge >= 0.3 is 0 Å². The van der Waals surface area contributed by atoms with Gasteiger partial charge in [0.1, 0.15) is 0 Å². The summed E-state index contributed by atoms with van der Waals surface area (Å²) in [5, 5.41) is 0.999. The smallest absolute Gasteiger partial charge is 0.178 e. The summed E-state index contributed by atoms with van der Waals surface area (Å²) in [4.78, 5) is 14.5. The first-order valence-electron chi connectivity index (χ1n) is 6.79. The molecule has 110 valence electrons. The molecule has 0 aliphatic carbocycles. The van der Waals surface area contributed by atoms with Gasteiger partial charge in [0.25, 0.3) is 0 Å². The van der Waals surface area contributed by atoms with E-state index < -0.39 is 0 Å². The molecule has 1 fully saturated rings. The summed E-state index contributed by atoms with van der Waals surface area (Å²) in [5.41, 5.74) is 0.507. The Morgan fingerprint density at radius 2 is 2.25 bits per heavy atom. The van der Waals surface area contributed by atoms with Gasteiger partial charge in [-0.3, -0.25) is 9.69 Å². The average Bonchev–Trinajstić information content (AvgIpc) is 2.42. The molecule has 1 atom stereocenters. The number of rotatable bonds is 5. The highest BCUT2D eigenvalue weighted by Gasteiger charge is 2.22. The van der Waals surface area contributed by atoms with Crippen LogP contribution in [0.2, 0.25) is 10.0 Å². The highest BCUT2D eigenvalue weighted by atomic mass is 35.5. The van der Waals surface area contributed by atoms with Gasteiger partial charge in [0.15, 0.2) is 5.78 Å². The standard InChI is InChI=1S/C15H19Cl2NO2/c1-20-10-11-3-2-6-18(8-11)9-15(19)13-7-12(16)4-5-14(13)17/h4-5,7,11H,2-3,6,8-10H2,1H3. The molecule has 0 radical (unpaired) electrons. The van der Waals surface area contributed by atoms with Gasteiger partial charge in [-0.1, -0.05) is 23.2 Å². The maximum Gasteiger partial charge on any atom is 0.178 e. The van der Waals surface area contributed by atoms with Crippen molar-refractivity contribution in [3.8, 4) is 0 Å². The topological polar surface area (TPSA) is 29.5 Å². The molecule has 0 spiro atoms. The van der Waals surface area contributed by atoms with Crippen LogP contribution < -0.4 is 0 Å². The van der Waals surface area contributed by atoms with E-state index in [9.17, 15) is 4.79 Å². The number of ketones is 1. The first-order chi connectivity index (χ1) is 9.60. The Hall–Kier alpha value is -0.610. The minimum atomic E-state index is 0.0237. The van der Waals surface area contributed by atoms with Gasteiger partial charge in [0, 0.05) is 24.2 Å². The highest BCUT2D eigenvalue weighted by molar-refractivity contribution is 6.36. The third kappa shape index (κ3) is 4.19. The van der Waals surface area contributed by atoms with Crippen molar-refractivity contribution in [3.05, 3.63) is 33.8 Å². The van der Waals surface area contributed by atoms with Crippen LogP contribution in [0.15, 0.2) is 18.2 Å². The minimum Gasteiger partial charge on any atom is -0.384 e. The van der Waals surface area contributed by atoms with Crippen LogP contribution in [-0.4, -0.2) is 44.0 Å². The number of methoxy groups -OCH3 is 1. The molecule has 1 heterocycles. The number of halogens is 2. The van der Waals surface area contributed by atoms with Crippen LogP contribution in [0.25, 0.3) is 0 Å². The van der Waals surface area contributed by atoms with Gasteiger partial charge in [-0.05, 0) is 43.5 Å². The van der Waals surface area contributed by atoms with Gasteiger partial charge in [-0.2, -0.15) is 0 Å². The maximum absolute atomic E-state index is 12.3. The van der Waals surface area contributed by atoms with E-state index in [2.05, 4.69) is 4.90 Å². The van der Waals surface area contributed by atoms with Crippen LogP contribution in [0.1, 0.15) is 23.2 Å². The summed E-state index contributed by atoms with van der Waals surface area (Å²) >= 11 is 12.0. The van der Waals surface area contributed by atoms with Crippen LogP contribution >= 0.6 is 23.2 Å². The van der Waals surface area contributed by atoms with E-state index in [4.69, 9.17) is 27.9 Å². The molecule has 20 heavy (non-hydrogen) atoms. The van der Waals surface area contributed by atoms with E-state index in [1.807, 2.05) is 0 Å². The fourth-order valence-electron chi connectivity index (χ4n) is 2.67. The number of piperidine rings is 1. The van der Waals surface area contributed by atoms with Gasteiger partial charge in [0.05, 0.1) is 18.2 Å². The third-order valence-electron chi connectivity index (χ3n) is 3.60. The monoisotopic (exact) mass is 315 g/mol. The number of carbonyl (C=O) groups is 1. The molecule has 0 amide bonds. The Morgan fingerprint density at radius 1 is 1.45 bits per heavy atom. The van der Waals surface area contributed by atoms with Crippen molar-refractivity contribution in [2.24, 2.45) is 5.92 Å². The summed E-state index contributed by atoms with van der Waals surface area (Å²) in [5.74, 6) is 0.534. The molecule has 1 unspecified atom stereocenters. The number of ether oxygens (including phenoxy) is 1. The molecule has 0 bridgehead atoms. The molecule has 2 rings (SSSR count). The zero-order chi connectivity index (χ0) is 14.5. The predicted octanol–water partition coefficient (Wildman–Crippen LogP) is 3.53. The Kier molecular flexibility index (Phi) is 5.85. The van der Waals surface area contributed by atoms with E-state index in [0.717, 1.165) is 32.5 Å². The first-order valence-corrected chi connectivity index (χ1v) is 7.55. The van der Waals surface area contributed by atoms with Crippen molar-refractivity contribution < 1.29 is 9.53 Å². The molecule has 3 nitrogen and oxygen atoms in total. The van der Waals surface area contributed by atoms with Crippen LogP contribution in [0.4, 0.5) is 0 Å². The summed E-state index contributed by atoms with van der Waals surface area (Å²) in [6.07, 6.45) is 2.26. The van der Waals surface area contributed by atoms with Crippen LogP contribution in [0.5, 0.6) is 0 Å². The Labute approximate surface area is 129 Å². The van der Waals surface area contributed by atoms with E-state index >= 15 is 0 Å². The predicted molar refractivity (Wildman–Crippen MR) is 81.8 cm³/mol. The Morgan fingerprint density at radius 3 is 3.00 bits per heavy atom. The van der Waals surface area contributed by atoms with Crippen LogP contribution in [0, 0.1) is 5.92 Å². The van der Waals surface area contributed by atoms with E-state index in [1.165, 1.54) is 0 Å². The number of likely N-dealkylation sites (tertiary alicyclic amines) is 1. The average molecular weight is 316 g/mol. The molecule has 5 heteroatoms. The van der Waals surface area contributed by atoms with Gasteiger partial charge < -0.3 is 4.74 Å². The number of hydrogen-bond donors (Lipinski definition) is 0. The van der Waals surface area contributed by atoms with Crippen molar-refractivity contribution in [2.45, 2.75) is 12.8 Å². The Balaban J connectivity index is 1.98. The largest absolute Gasteiger partial charge is 0.384 e. The number of benzene rings is 1. The lowest BCUT2D eigenvalue weighted by Crippen LogP contribution is -2.40. The SMILES string of the molecule is COCC1CCCN(CC(=O)c2cc(Cl)ccc2Cl)C1. The lowest BCUT2D eigenvalue weighted by molar-refractivity contribution is 0.0758. The molecule has 1 aromatic rings. The fraction of sp³-hybridized carbons (Fsp3) is 0.533. The second kappa shape index (κ2) is 7.41. The highest BCUT2D eigenvalue weighted by Crippen LogP contribution is 2.22. The van der Waals surface area contributed by atoms with Gasteiger partial charge in [-0.15, -0.1) is 0 Å². The van der Waals surface area contributed by atoms with Crippen LogP contribution in [-0.2, 0) is 4.74 Å². The van der Waals surface area contributed by atoms with Crippen molar-refractivity contribution >= 4 is 29.0 Å². The summed E-state index contributed by atoms with van der Waals surface area (Å²) in [6.45, 7) is 2.99. The van der Waals surface area contributed by atoms with Crippen molar-refractivity contribution in [1.82, 2.24) is 4.90 Å². The van der Waals surface area contributed by atoms with Crippen LogP contribution in [0.3, 0.4) is 0 Å². The molecule has 0 saturated carbocycles. The quantitative estimate of drug-likeness (QED) is 0.778. The van der Waals surface area contributed by atoms with Gasteiger partial charge in [-0.25, -0.2) is 0 Å². The lowest BCUT2D eigenvalue weighted by atomic mass is 9.98. The molecule has 1 aliphatic rings. The molecule has 0 aromatic heterocycles. The molecule has 1 aliphatic heterocycles. The lowest BCUT2D eigenvalue weighted by Gasteiger charge is -2.31. The number of hydrogen-bond acceptors (Lipinski definition) is 3. The zero-order valence-corrected chi connectivity index (χ0v) is 13.1. The molecule has 0 N–H and O–H groups in total. The third-order valence-corrected chi connectivity index (χ3v) is 4.17. The summed E-state index contributed by atoms with van der Waals surface area (Å²) in [7, 11) is 1.72. The van der Waals surface area contributed by atoms with Crippen molar-refractivity contribution in [3.63, 3.8) is 0 Å². The van der Waals surface area contributed by atoms with Crippen molar-refractivity contribution in [1.29, 1.82) is 0 Å². The minimum absolute atomic E-state index is 0.0237. The molecule has 1 saturated heterocycles. The summed E-state index contributed by atoms with van der Waals surface area (Å²) in [6, 6.07) is 5.00. The number of Topliss-reactive ketones (excluding diaryl/α,β-unsaturated/α-hetero) is 1. The molecular weight excluding hydrogens is 297 g/mol. The second-order valence-electron chi connectivity index (χ2n) is 5.25. The first kappa shape index (κ1) is 15.8. The van der Waals surface area contributed by atoms with E-state index in [-0.39, 0.29) is 5.78 Å². The number of nitrogens with zero attached hydrogens (tertiary/aromatic N) is 1. The van der Waals surface area contributed by atoms with E-state index in [1.54, 1.807) is 25.3 Å². The summed E-state index contributed by atoms with van der Waals surface area (Å²) < 4.78 is 5.20. The molecular formula is C15H19Cl2NO2. The second-order valence-corrected chi connectivity index (χ2v) is 6.09.